The molecule has 0 unspecified atom stereocenters. The highest BCUT2D eigenvalue weighted by Gasteiger charge is 2.41. The van der Waals surface area contributed by atoms with Gasteiger partial charge >= 0.3 is 0 Å². The van der Waals surface area contributed by atoms with Crippen molar-refractivity contribution in [3.63, 3.8) is 0 Å². The summed E-state index contributed by atoms with van der Waals surface area (Å²) in [5, 5.41) is 0. The fraction of sp³-hybridized carbons (Fsp3) is 0.368. The minimum atomic E-state index is -0.186. The second-order valence-corrected chi connectivity index (χ2v) is 7.69. The molecule has 0 amide bonds. The fourth-order valence-electron chi connectivity index (χ4n) is 3.70. The van der Waals surface area contributed by atoms with E-state index in [2.05, 4.69) is 43.3 Å². The molecule has 120 valence electrons. The molecule has 1 saturated heterocycles. The number of likely N-dealkylation sites (N-methyl/N-ethyl adjacent to an activating group) is 1. The van der Waals surface area contributed by atoms with E-state index in [9.17, 15) is 4.39 Å². The van der Waals surface area contributed by atoms with Crippen molar-refractivity contribution in [2.24, 2.45) is 0 Å². The Morgan fingerprint density at radius 3 is 2.74 bits per heavy atom. The molecule has 4 rings (SSSR count). The molecule has 2 nitrogen and oxygen atoms in total. The molecule has 23 heavy (non-hydrogen) atoms. The van der Waals surface area contributed by atoms with Gasteiger partial charge in [-0.1, -0.05) is 30.0 Å². The molecule has 0 N–H and O–H groups in total. The summed E-state index contributed by atoms with van der Waals surface area (Å²) in [6, 6.07) is 13.6. The van der Waals surface area contributed by atoms with Gasteiger partial charge in [0.1, 0.15) is 5.82 Å². The number of fused-ring (bicyclic) bond motifs is 5. The molecule has 0 spiro atoms. The molecule has 0 saturated carbocycles. The van der Waals surface area contributed by atoms with E-state index in [1.54, 1.807) is 23.9 Å². The van der Waals surface area contributed by atoms with Crippen molar-refractivity contribution in [1.82, 2.24) is 4.90 Å². The molecule has 2 aromatic rings. The molecule has 2 heterocycles. The van der Waals surface area contributed by atoms with Gasteiger partial charge in [0, 0.05) is 22.3 Å². The van der Waals surface area contributed by atoms with Crippen LogP contribution in [-0.4, -0.2) is 31.6 Å². The van der Waals surface area contributed by atoms with Crippen LogP contribution in [0.25, 0.3) is 0 Å². The van der Waals surface area contributed by atoms with Crippen LogP contribution >= 0.6 is 11.8 Å². The molecule has 0 bridgehead atoms. The van der Waals surface area contributed by atoms with Crippen molar-refractivity contribution in [3.05, 3.63) is 59.4 Å². The van der Waals surface area contributed by atoms with Crippen LogP contribution in [0.4, 0.5) is 4.39 Å². The Hall–Kier alpha value is -1.36. The number of hydrogen-bond acceptors (Lipinski definition) is 3. The Kier molecular flexibility index (Phi) is 3.92. The lowest BCUT2D eigenvalue weighted by molar-refractivity contribution is 0.0259. The van der Waals surface area contributed by atoms with Crippen LogP contribution < -0.4 is 0 Å². The van der Waals surface area contributed by atoms with E-state index in [4.69, 9.17) is 4.74 Å². The summed E-state index contributed by atoms with van der Waals surface area (Å²) in [5.41, 5.74) is 2.33. The van der Waals surface area contributed by atoms with Crippen LogP contribution in [0.5, 0.6) is 0 Å². The number of rotatable bonds is 2. The van der Waals surface area contributed by atoms with Crippen molar-refractivity contribution in [3.8, 4) is 0 Å². The highest BCUT2D eigenvalue weighted by atomic mass is 32.2. The van der Waals surface area contributed by atoms with E-state index < -0.39 is 0 Å². The molecule has 4 heteroatoms. The van der Waals surface area contributed by atoms with E-state index in [0.29, 0.717) is 5.92 Å². The lowest BCUT2D eigenvalue weighted by Crippen LogP contribution is -2.25. The largest absolute Gasteiger partial charge is 0.368 e. The van der Waals surface area contributed by atoms with Gasteiger partial charge in [-0.05, 0) is 55.9 Å². The van der Waals surface area contributed by atoms with E-state index in [-0.39, 0.29) is 18.0 Å². The molecule has 0 radical (unpaired) electrons. The van der Waals surface area contributed by atoms with E-state index in [1.807, 2.05) is 6.07 Å². The first-order valence-electron chi connectivity index (χ1n) is 7.98. The van der Waals surface area contributed by atoms with Crippen LogP contribution in [0.3, 0.4) is 0 Å². The number of halogens is 1. The summed E-state index contributed by atoms with van der Waals surface area (Å²) in [6.07, 6.45) is 1.12. The van der Waals surface area contributed by atoms with Crippen molar-refractivity contribution >= 4 is 11.8 Å². The summed E-state index contributed by atoms with van der Waals surface area (Å²) in [4.78, 5) is 4.53. The highest BCUT2D eigenvalue weighted by molar-refractivity contribution is 7.99. The maximum absolute atomic E-state index is 13.8. The standard InChI is InChI=1S/C19H20FNOS/c1-21(2)11-13-10-15-14-5-3-4-6-17(14)23-18-8-7-12(20)9-16(18)19(15)22-13/h3-9,13,15,19H,10-11H2,1-2H3/t13-,15+,19-/m0/s1. The van der Waals surface area contributed by atoms with Crippen molar-refractivity contribution in [2.75, 3.05) is 20.6 Å². The van der Waals surface area contributed by atoms with Gasteiger partial charge in [0.2, 0.25) is 0 Å². The average Bonchev–Trinajstić information content (AvgIpc) is 2.87. The zero-order chi connectivity index (χ0) is 16.0. The zero-order valence-corrected chi connectivity index (χ0v) is 14.1. The van der Waals surface area contributed by atoms with E-state index >= 15 is 0 Å². The lowest BCUT2D eigenvalue weighted by atomic mass is 9.87. The van der Waals surface area contributed by atoms with Crippen LogP contribution in [0.1, 0.15) is 29.6 Å². The van der Waals surface area contributed by atoms with Gasteiger partial charge in [-0.2, -0.15) is 0 Å². The molecule has 1 fully saturated rings. The van der Waals surface area contributed by atoms with Gasteiger partial charge in [0.05, 0.1) is 12.2 Å². The minimum absolute atomic E-state index is 0.0539. The second-order valence-electron chi connectivity index (χ2n) is 6.61. The summed E-state index contributed by atoms with van der Waals surface area (Å²) in [7, 11) is 4.13. The third kappa shape index (κ3) is 2.80. The Labute approximate surface area is 140 Å². The van der Waals surface area contributed by atoms with E-state index in [1.165, 1.54) is 10.5 Å². The molecule has 2 aliphatic heterocycles. The average molecular weight is 329 g/mol. The third-order valence-electron chi connectivity index (χ3n) is 4.61. The summed E-state index contributed by atoms with van der Waals surface area (Å²) in [6.45, 7) is 0.896. The first-order chi connectivity index (χ1) is 11.1. The molecule has 0 aromatic heterocycles. The predicted octanol–water partition coefficient (Wildman–Crippen LogP) is 4.47. The zero-order valence-electron chi connectivity index (χ0n) is 13.3. The van der Waals surface area contributed by atoms with Crippen molar-refractivity contribution < 1.29 is 9.13 Å². The summed E-state index contributed by atoms with van der Waals surface area (Å²) < 4.78 is 20.2. The van der Waals surface area contributed by atoms with Gasteiger partial charge in [-0.25, -0.2) is 4.39 Å². The molecular weight excluding hydrogens is 309 g/mol. The van der Waals surface area contributed by atoms with Gasteiger partial charge in [-0.15, -0.1) is 0 Å². The first-order valence-corrected chi connectivity index (χ1v) is 8.80. The van der Waals surface area contributed by atoms with Gasteiger partial charge in [0.25, 0.3) is 0 Å². The Balaban J connectivity index is 1.80. The number of nitrogens with zero attached hydrogens (tertiary/aromatic N) is 1. The van der Waals surface area contributed by atoms with Gasteiger partial charge < -0.3 is 9.64 Å². The molecular formula is C19H20FNOS. The second kappa shape index (κ2) is 5.93. The molecule has 2 aliphatic rings. The predicted molar refractivity (Wildman–Crippen MR) is 90.5 cm³/mol. The molecule has 2 aromatic carbocycles. The van der Waals surface area contributed by atoms with Crippen molar-refractivity contribution in [2.45, 2.75) is 34.3 Å². The fourth-order valence-corrected chi connectivity index (χ4v) is 4.85. The normalized spacial score (nSPS) is 25.7. The van der Waals surface area contributed by atoms with Crippen molar-refractivity contribution in [1.29, 1.82) is 0 Å². The third-order valence-corrected chi connectivity index (χ3v) is 5.79. The Morgan fingerprint density at radius 2 is 1.91 bits per heavy atom. The summed E-state index contributed by atoms with van der Waals surface area (Å²) >= 11 is 1.73. The van der Waals surface area contributed by atoms with E-state index in [0.717, 1.165) is 23.4 Å². The number of ether oxygens (including phenoxy) is 1. The van der Waals surface area contributed by atoms with Crippen LogP contribution in [-0.2, 0) is 4.74 Å². The van der Waals surface area contributed by atoms with Crippen LogP contribution in [0.15, 0.2) is 52.3 Å². The number of benzene rings is 2. The number of hydrogen-bond donors (Lipinski definition) is 0. The Morgan fingerprint density at radius 1 is 1.13 bits per heavy atom. The first kappa shape index (κ1) is 15.2. The van der Waals surface area contributed by atoms with Gasteiger partial charge in [-0.3, -0.25) is 0 Å². The van der Waals surface area contributed by atoms with Crippen LogP contribution in [0, 0.1) is 5.82 Å². The summed E-state index contributed by atoms with van der Waals surface area (Å²) in [5.74, 6) is 0.111. The monoisotopic (exact) mass is 329 g/mol. The molecule has 3 atom stereocenters. The highest BCUT2D eigenvalue weighted by Crippen LogP contribution is 2.53. The Bertz CT molecular complexity index is 733. The smallest absolute Gasteiger partial charge is 0.123 e. The topological polar surface area (TPSA) is 12.5 Å². The quantitative estimate of drug-likeness (QED) is 0.807. The maximum atomic E-state index is 13.8. The maximum Gasteiger partial charge on any atom is 0.123 e. The van der Waals surface area contributed by atoms with Crippen LogP contribution in [0.2, 0.25) is 0 Å². The lowest BCUT2D eigenvalue weighted by Gasteiger charge is -2.19. The minimum Gasteiger partial charge on any atom is -0.368 e. The molecule has 0 aliphatic carbocycles. The van der Waals surface area contributed by atoms with Gasteiger partial charge in [0.15, 0.2) is 0 Å². The SMILES string of the molecule is CN(C)C[C@@H]1C[C@@H]2c3ccccc3Sc3ccc(F)cc3[C@H]2O1.